The number of methoxy groups -OCH3 is 2. The molecular weight excluding hydrogens is 184 g/mol. The van der Waals surface area contributed by atoms with Gasteiger partial charge in [-0.2, -0.15) is 5.10 Å². The van der Waals surface area contributed by atoms with Crippen LogP contribution in [-0.2, 0) is 19.5 Å². The summed E-state index contributed by atoms with van der Waals surface area (Å²) in [5.74, 6) is 0. The monoisotopic (exact) mass is 196 g/mol. The smallest absolute Gasteiger partial charge is 0.244 e. The van der Waals surface area contributed by atoms with Gasteiger partial charge in [-0.3, -0.25) is 0 Å². The predicted molar refractivity (Wildman–Crippen MR) is 44.3 cm³/mol. The van der Waals surface area contributed by atoms with Gasteiger partial charge in [-0.25, -0.2) is 13.2 Å². The maximum atomic E-state index is 10.5. The zero-order valence-corrected chi connectivity index (χ0v) is 7.96. The average molecular weight is 196 g/mol. The van der Waals surface area contributed by atoms with E-state index in [4.69, 9.17) is 9.47 Å². The van der Waals surface area contributed by atoms with Crippen molar-refractivity contribution in [1.82, 2.24) is 4.83 Å². The Morgan fingerprint density at radius 3 is 2.25 bits per heavy atom. The van der Waals surface area contributed by atoms with E-state index in [0.717, 1.165) is 6.26 Å². The van der Waals surface area contributed by atoms with Gasteiger partial charge in [0.25, 0.3) is 0 Å². The van der Waals surface area contributed by atoms with E-state index >= 15 is 0 Å². The van der Waals surface area contributed by atoms with E-state index in [1.807, 2.05) is 4.83 Å². The molecule has 0 spiro atoms. The molecule has 0 aliphatic heterocycles. The minimum Gasteiger partial charge on any atom is -0.351 e. The van der Waals surface area contributed by atoms with Crippen LogP contribution < -0.4 is 4.83 Å². The van der Waals surface area contributed by atoms with Gasteiger partial charge in [0, 0.05) is 14.2 Å². The van der Waals surface area contributed by atoms with Gasteiger partial charge in [-0.05, 0) is 0 Å². The number of nitrogens with zero attached hydrogens (tertiary/aromatic N) is 1. The average Bonchev–Trinajstić information content (AvgIpc) is 1.96. The normalized spacial score (nSPS) is 12.7. The second-order valence-electron chi connectivity index (χ2n) is 1.98. The maximum Gasteiger partial charge on any atom is 0.244 e. The van der Waals surface area contributed by atoms with Gasteiger partial charge in [0.15, 0.2) is 6.29 Å². The number of hydrazone groups is 1. The molecule has 0 amide bonds. The Hall–Kier alpha value is -0.660. The van der Waals surface area contributed by atoms with Crippen molar-refractivity contribution in [2.75, 3.05) is 20.5 Å². The highest BCUT2D eigenvalue weighted by atomic mass is 32.2. The molecule has 12 heavy (non-hydrogen) atoms. The number of hydrogen-bond acceptors (Lipinski definition) is 5. The molecule has 72 valence electrons. The molecule has 0 atom stereocenters. The maximum absolute atomic E-state index is 10.5. The second kappa shape index (κ2) is 5.07. The van der Waals surface area contributed by atoms with Crippen molar-refractivity contribution in [3.05, 3.63) is 0 Å². The van der Waals surface area contributed by atoms with Crippen LogP contribution in [0.4, 0.5) is 0 Å². The van der Waals surface area contributed by atoms with Crippen molar-refractivity contribution in [3.8, 4) is 0 Å². The number of hydrogen-bond donors (Lipinski definition) is 1. The summed E-state index contributed by atoms with van der Waals surface area (Å²) in [4.78, 5) is 1.90. The lowest BCUT2D eigenvalue weighted by molar-refractivity contribution is -0.0486. The lowest BCUT2D eigenvalue weighted by Gasteiger charge is -2.05. The third-order valence-corrected chi connectivity index (χ3v) is 1.32. The molecule has 0 aliphatic carbocycles. The quantitative estimate of drug-likeness (QED) is 0.352. The highest BCUT2D eigenvalue weighted by Gasteiger charge is 2.00. The molecular formula is C5H12N2O4S. The fraction of sp³-hybridized carbons (Fsp3) is 0.800. The van der Waals surface area contributed by atoms with E-state index in [9.17, 15) is 8.42 Å². The summed E-state index contributed by atoms with van der Waals surface area (Å²) in [6.07, 6.45) is 1.55. The van der Waals surface area contributed by atoms with Crippen molar-refractivity contribution < 1.29 is 17.9 Å². The zero-order chi connectivity index (χ0) is 9.61. The first kappa shape index (κ1) is 11.3. The summed E-state index contributed by atoms with van der Waals surface area (Å²) >= 11 is 0. The first-order valence-electron chi connectivity index (χ1n) is 3.05. The molecule has 0 aromatic rings. The van der Waals surface area contributed by atoms with Crippen LogP contribution in [0.2, 0.25) is 0 Å². The third kappa shape index (κ3) is 6.08. The van der Waals surface area contributed by atoms with Crippen LogP contribution in [0.1, 0.15) is 0 Å². The van der Waals surface area contributed by atoms with Crippen molar-refractivity contribution in [1.29, 1.82) is 0 Å². The molecule has 6 nitrogen and oxygen atoms in total. The van der Waals surface area contributed by atoms with Crippen molar-refractivity contribution >= 4 is 16.2 Å². The van der Waals surface area contributed by atoms with Crippen LogP contribution in [0.15, 0.2) is 5.10 Å². The lowest BCUT2D eigenvalue weighted by Crippen LogP contribution is -2.20. The van der Waals surface area contributed by atoms with E-state index in [1.165, 1.54) is 20.4 Å². The lowest BCUT2D eigenvalue weighted by atomic mass is 10.7. The fourth-order valence-electron chi connectivity index (χ4n) is 0.405. The van der Waals surface area contributed by atoms with E-state index < -0.39 is 16.3 Å². The molecule has 0 aromatic carbocycles. The topological polar surface area (TPSA) is 77.0 Å². The van der Waals surface area contributed by atoms with Crippen LogP contribution in [0, 0.1) is 0 Å². The van der Waals surface area contributed by atoms with Crippen molar-refractivity contribution in [3.63, 3.8) is 0 Å². The Bertz CT molecular complexity index is 232. The fourth-order valence-corrected chi connectivity index (χ4v) is 0.657. The molecule has 0 aliphatic rings. The minimum absolute atomic E-state index is 0.640. The van der Waals surface area contributed by atoms with Crippen LogP contribution >= 0.6 is 0 Å². The van der Waals surface area contributed by atoms with Crippen LogP contribution in [0.25, 0.3) is 0 Å². The molecule has 0 saturated heterocycles. The van der Waals surface area contributed by atoms with E-state index in [2.05, 4.69) is 5.10 Å². The first-order chi connectivity index (χ1) is 5.49. The summed E-state index contributed by atoms with van der Waals surface area (Å²) in [5, 5.41) is 3.37. The molecule has 0 saturated carbocycles. The molecule has 0 unspecified atom stereocenters. The van der Waals surface area contributed by atoms with E-state index in [0.29, 0.717) is 0 Å². The van der Waals surface area contributed by atoms with Gasteiger partial charge in [-0.1, -0.05) is 0 Å². The SMILES string of the molecule is COC(/C=N/NS(C)(=O)=O)OC. The number of ether oxygens (including phenoxy) is 2. The molecule has 0 bridgehead atoms. The van der Waals surface area contributed by atoms with Crippen molar-refractivity contribution in [2.45, 2.75) is 6.29 Å². The van der Waals surface area contributed by atoms with Gasteiger partial charge in [0.05, 0.1) is 12.5 Å². The summed E-state index contributed by atoms with van der Waals surface area (Å²) in [6.45, 7) is 0. The molecule has 1 N–H and O–H groups in total. The van der Waals surface area contributed by atoms with Gasteiger partial charge >= 0.3 is 0 Å². The van der Waals surface area contributed by atoms with E-state index in [1.54, 1.807) is 0 Å². The molecule has 0 rings (SSSR count). The molecule has 0 radical (unpaired) electrons. The number of nitrogens with one attached hydrogen (secondary N) is 1. The summed E-state index contributed by atoms with van der Waals surface area (Å²) < 4.78 is 30.4. The highest BCUT2D eigenvalue weighted by molar-refractivity contribution is 7.88. The van der Waals surface area contributed by atoms with Gasteiger partial charge < -0.3 is 9.47 Å². The molecule has 0 heterocycles. The van der Waals surface area contributed by atoms with Crippen LogP contribution in [-0.4, -0.2) is 41.4 Å². The minimum atomic E-state index is -3.30. The number of rotatable bonds is 5. The summed E-state index contributed by atoms with van der Waals surface area (Å²) in [7, 11) is -0.461. The molecule has 7 heteroatoms. The highest BCUT2D eigenvalue weighted by Crippen LogP contribution is 1.84. The van der Waals surface area contributed by atoms with Crippen LogP contribution in [0.5, 0.6) is 0 Å². The molecule has 0 fully saturated rings. The Kier molecular flexibility index (Phi) is 4.79. The molecule has 0 aromatic heterocycles. The van der Waals surface area contributed by atoms with E-state index in [-0.39, 0.29) is 0 Å². The first-order valence-corrected chi connectivity index (χ1v) is 4.94. The second-order valence-corrected chi connectivity index (χ2v) is 3.71. The largest absolute Gasteiger partial charge is 0.351 e. The Balaban J connectivity index is 3.90. The van der Waals surface area contributed by atoms with Gasteiger partial charge in [0.1, 0.15) is 0 Å². The van der Waals surface area contributed by atoms with Crippen LogP contribution in [0.3, 0.4) is 0 Å². The Morgan fingerprint density at radius 1 is 1.42 bits per heavy atom. The zero-order valence-electron chi connectivity index (χ0n) is 7.14. The van der Waals surface area contributed by atoms with Gasteiger partial charge in [-0.15, -0.1) is 0 Å². The summed E-state index contributed by atoms with van der Waals surface area (Å²) in [5.41, 5.74) is 0. The third-order valence-electron chi connectivity index (χ3n) is 0.879. The van der Waals surface area contributed by atoms with Gasteiger partial charge in [0.2, 0.25) is 10.0 Å². The predicted octanol–water partition coefficient (Wildman–Crippen LogP) is -0.860. The Morgan fingerprint density at radius 2 is 1.92 bits per heavy atom. The Labute approximate surface area is 71.6 Å². The number of sulfonamides is 1. The summed E-state index contributed by atoms with van der Waals surface area (Å²) in [6, 6.07) is 0. The van der Waals surface area contributed by atoms with Crippen molar-refractivity contribution in [2.24, 2.45) is 5.10 Å². The standard InChI is InChI=1S/C5H12N2O4S/c1-10-5(11-2)4-6-7-12(3,8)9/h4-5,7H,1-3H3/b6-4+.